The van der Waals surface area contributed by atoms with Crippen LogP contribution in [0.25, 0.3) is 0 Å². The first-order valence-electron chi connectivity index (χ1n) is 7.84. The summed E-state index contributed by atoms with van der Waals surface area (Å²) < 4.78 is 14.4. The Balaban J connectivity index is 2.09. The number of nitrogens with zero attached hydrogens (tertiary/aromatic N) is 1. The molecule has 0 aliphatic carbocycles. The zero-order chi connectivity index (χ0) is 15.9. The van der Waals surface area contributed by atoms with E-state index in [9.17, 15) is 4.39 Å². The molecule has 0 radical (unpaired) electrons. The highest BCUT2D eigenvalue weighted by Gasteiger charge is 2.46. The maximum atomic E-state index is 14.4. The molecule has 1 heterocycles. The molecule has 1 aliphatic rings. The van der Waals surface area contributed by atoms with Gasteiger partial charge in [-0.1, -0.05) is 72.8 Å². The molecule has 0 amide bonds. The van der Waals surface area contributed by atoms with Crippen LogP contribution in [-0.2, 0) is 12.1 Å². The van der Waals surface area contributed by atoms with E-state index in [0.29, 0.717) is 6.54 Å². The molecule has 0 aromatic heterocycles. The zero-order valence-corrected chi connectivity index (χ0v) is 13.0. The van der Waals surface area contributed by atoms with Crippen molar-refractivity contribution in [3.05, 3.63) is 107 Å². The van der Waals surface area contributed by atoms with Gasteiger partial charge in [0.05, 0.1) is 5.54 Å². The molecule has 1 aliphatic heterocycles. The van der Waals surface area contributed by atoms with Gasteiger partial charge in [0.2, 0.25) is 0 Å². The summed E-state index contributed by atoms with van der Waals surface area (Å²) in [4.78, 5) is 2.24. The van der Waals surface area contributed by atoms with E-state index < -0.39 is 5.54 Å². The SMILES string of the molecule is CN1Cc2c(F)cccc2C1(c1ccccc1)c1ccccc1. The summed E-state index contributed by atoms with van der Waals surface area (Å²) >= 11 is 0. The van der Waals surface area contributed by atoms with Crippen molar-refractivity contribution < 1.29 is 4.39 Å². The fourth-order valence-electron chi connectivity index (χ4n) is 3.90. The maximum Gasteiger partial charge on any atom is 0.128 e. The smallest absolute Gasteiger partial charge is 0.128 e. The Hall–Kier alpha value is -2.45. The van der Waals surface area contributed by atoms with Crippen LogP contribution in [0, 0.1) is 5.82 Å². The van der Waals surface area contributed by atoms with Crippen LogP contribution in [0.15, 0.2) is 78.9 Å². The summed E-state index contributed by atoms with van der Waals surface area (Å²) in [5, 5.41) is 0. The Bertz CT molecular complexity index is 787. The molecule has 0 fully saturated rings. The molecule has 0 saturated carbocycles. The minimum absolute atomic E-state index is 0.122. The Morgan fingerprint density at radius 1 is 0.783 bits per heavy atom. The highest BCUT2D eigenvalue weighted by atomic mass is 19.1. The average Bonchev–Trinajstić information content (AvgIpc) is 2.91. The molecule has 3 aromatic rings. The van der Waals surface area contributed by atoms with Crippen molar-refractivity contribution >= 4 is 0 Å². The molecule has 114 valence electrons. The number of halogens is 1. The molecular formula is C21H18FN. The molecule has 0 spiro atoms. The second-order valence-corrected chi connectivity index (χ2v) is 6.06. The fourth-order valence-corrected chi connectivity index (χ4v) is 3.90. The molecule has 0 atom stereocenters. The highest BCUT2D eigenvalue weighted by molar-refractivity contribution is 5.55. The highest BCUT2D eigenvalue weighted by Crippen LogP contribution is 2.48. The van der Waals surface area contributed by atoms with E-state index in [1.54, 1.807) is 6.07 Å². The lowest BCUT2D eigenvalue weighted by molar-refractivity contribution is 0.221. The molecule has 3 aromatic carbocycles. The summed E-state index contributed by atoms with van der Waals surface area (Å²) in [6.45, 7) is 0.603. The predicted octanol–water partition coefficient (Wildman–Crippen LogP) is 4.56. The number of rotatable bonds is 2. The van der Waals surface area contributed by atoms with Gasteiger partial charge < -0.3 is 0 Å². The van der Waals surface area contributed by atoms with Crippen molar-refractivity contribution in [1.82, 2.24) is 4.90 Å². The molecular weight excluding hydrogens is 285 g/mol. The molecule has 4 rings (SSSR count). The van der Waals surface area contributed by atoms with E-state index in [1.807, 2.05) is 42.5 Å². The molecule has 2 heteroatoms. The normalized spacial score (nSPS) is 16.3. The van der Waals surface area contributed by atoms with Crippen LogP contribution in [-0.4, -0.2) is 11.9 Å². The van der Waals surface area contributed by atoms with Gasteiger partial charge >= 0.3 is 0 Å². The molecule has 0 saturated heterocycles. The van der Waals surface area contributed by atoms with Gasteiger partial charge in [-0.05, 0) is 29.8 Å². The lowest BCUT2D eigenvalue weighted by Gasteiger charge is -2.38. The number of fused-ring (bicyclic) bond motifs is 1. The summed E-state index contributed by atoms with van der Waals surface area (Å²) in [5.74, 6) is -0.122. The largest absolute Gasteiger partial charge is 0.285 e. The Kier molecular flexibility index (Phi) is 3.28. The van der Waals surface area contributed by atoms with Gasteiger partial charge in [0.25, 0.3) is 0 Å². The Morgan fingerprint density at radius 2 is 1.35 bits per heavy atom. The minimum Gasteiger partial charge on any atom is -0.285 e. The van der Waals surface area contributed by atoms with Crippen molar-refractivity contribution in [2.45, 2.75) is 12.1 Å². The van der Waals surface area contributed by atoms with Crippen molar-refractivity contribution in [3.63, 3.8) is 0 Å². The Morgan fingerprint density at radius 3 is 1.91 bits per heavy atom. The van der Waals surface area contributed by atoms with E-state index in [0.717, 1.165) is 22.3 Å². The molecule has 23 heavy (non-hydrogen) atoms. The van der Waals surface area contributed by atoms with E-state index in [-0.39, 0.29) is 5.82 Å². The zero-order valence-electron chi connectivity index (χ0n) is 13.0. The monoisotopic (exact) mass is 303 g/mol. The van der Waals surface area contributed by atoms with Crippen LogP contribution in [0.2, 0.25) is 0 Å². The summed E-state index contributed by atoms with van der Waals surface area (Å²) in [7, 11) is 2.07. The van der Waals surface area contributed by atoms with Gasteiger partial charge in [-0.25, -0.2) is 4.39 Å². The summed E-state index contributed by atoms with van der Waals surface area (Å²) in [6.07, 6.45) is 0. The standard InChI is InChI=1S/C21H18FN/c1-23-15-18-19(13-8-14-20(18)22)21(23,16-9-4-2-5-10-16)17-11-6-3-7-12-17/h2-14H,15H2,1H3. The first-order chi connectivity index (χ1) is 11.2. The average molecular weight is 303 g/mol. The van der Waals surface area contributed by atoms with E-state index in [1.165, 1.54) is 0 Å². The molecule has 1 nitrogen and oxygen atoms in total. The Labute approximate surface area is 136 Å². The van der Waals surface area contributed by atoms with E-state index in [2.05, 4.69) is 42.3 Å². The van der Waals surface area contributed by atoms with Gasteiger partial charge in [-0.3, -0.25) is 4.90 Å². The van der Waals surface area contributed by atoms with Crippen LogP contribution in [0.4, 0.5) is 4.39 Å². The van der Waals surface area contributed by atoms with Crippen LogP contribution >= 0.6 is 0 Å². The number of benzene rings is 3. The number of hydrogen-bond acceptors (Lipinski definition) is 1. The van der Waals surface area contributed by atoms with Crippen LogP contribution in [0.1, 0.15) is 22.3 Å². The van der Waals surface area contributed by atoms with Gasteiger partial charge in [0.1, 0.15) is 5.82 Å². The van der Waals surface area contributed by atoms with Crippen molar-refractivity contribution in [2.75, 3.05) is 7.05 Å². The third kappa shape index (κ3) is 1.95. The lowest BCUT2D eigenvalue weighted by Crippen LogP contribution is -2.40. The quantitative estimate of drug-likeness (QED) is 0.670. The lowest BCUT2D eigenvalue weighted by atomic mass is 9.77. The van der Waals surface area contributed by atoms with E-state index in [4.69, 9.17) is 0 Å². The first kappa shape index (κ1) is 14.2. The molecule has 0 unspecified atom stereocenters. The van der Waals surface area contributed by atoms with Gasteiger partial charge in [0.15, 0.2) is 0 Å². The van der Waals surface area contributed by atoms with Gasteiger partial charge in [0, 0.05) is 12.1 Å². The van der Waals surface area contributed by atoms with Gasteiger partial charge in [-0.15, -0.1) is 0 Å². The van der Waals surface area contributed by atoms with Crippen molar-refractivity contribution in [1.29, 1.82) is 0 Å². The topological polar surface area (TPSA) is 3.24 Å². The summed E-state index contributed by atoms with van der Waals surface area (Å²) in [6, 6.07) is 26.2. The minimum atomic E-state index is -0.444. The molecule has 0 bridgehead atoms. The third-order valence-electron chi connectivity index (χ3n) is 4.86. The fraction of sp³-hybridized carbons (Fsp3) is 0.143. The van der Waals surface area contributed by atoms with Crippen LogP contribution < -0.4 is 0 Å². The van der Waals surface area contributed by atoms with E-state index >= 15 is 0 Å². The second kappa shape index (κ2) is 5.32. The van der Waals surface area contributed by atoms with Crippen molar-refractivity contribution in [3.8, 4) is 0 Å². The van der Waals surface area contributed by atoms with Gasteiger partial charge in [-0.2, -0.15) is 0 Å². The first-order valence-corrected chi connectivity index (χ1v) is 7.84. The summed E-state index contributed by atoms with van der Waals surface area (Å²) in [5.41, 5.74) is 3.72. The third-order valence-corrected chi connectivity index (χ3v) is 4.86. The maximum absolute atomic E-state index is 14.4. The predicted molar refractivity (Wildman–Crippen MR) is 90.6 cm³/mol. The van der Waals surface area contributed by atoms with Crippen LogP contribution in [0.3, 0.4) is 0 Å². The molecule has 0 N–H and O–H groups in total. The van der Waals surface area contributed by atoms with Crippen LogP contribution in [0.5, 0.6) is 0 Å². The van der Waals surface area contributed by atoms with Crippen molar-refractivity contribution in [2.24, 2.45) is 0 Å². The second-order valence-electron chi connectivity index (χ2n) is 6.06. The number of hydrogen-bond donors (Lipinski definition) is 0.